The van der Waals surface area contributed by atoms with Gasteiger partial charge < -0.3 is 0 Å². The topological polar surface area (TPSA) is 0 Å². The monoisotopic (exact) mass is 340 g/mol. The van der Waals surface area contributed by atoms with Gasteiger partial charge in [-0.1, -0.05) is 12.1 Å². The number of aryl methyl sites for hydroxylation is 6. The molecule has 4 aromatic carbocycles. The molecule has 0 aromatic heterocycles. The summed E-state index contributed by atoms with van der Waals surface area (Å²) in [7, 11) is 0. The van der Waals surface area contributed by atoms with E-state index in [9.17, 15) is 0 Å². The van der Waals surface area contributed by atoms with Crippen LogP contribution in [0.15, 0.2) is 24.3 Å². The second kappa shape index (κ2) is 5.58. The maximum Gasteiger partial charge on any atom is -0.0112 e. The Morgan fingerprint density at radius 2 is 1.00 bits per heavy atom. The Labute approximate surface area is 156 Å². The zero-order valence-corrected chi connectivity index (χ0v) is 17.3. The van der Waals surface area contributed by atoms with Crippen molar-refractivity contribution in [3.8, 4) is 0 Å². The lowest BCUT2D eigenvalue weighted by Gasteiger charge is -2.20. The van der Waals surface area contributed by atoms with Gasteiger partial charge in [-0.25, -0.2) is 0 Å². The van der Waals surface area contributed by atoms with Crippen LogP contribution in [0.25, 0.3) is 32.3 Å². The van der Waals surface area contributed by atoms with Crippen molar-refractivity contribution in [2.75, 3.05) is 0 Å². The van der Waals surface area contributed by atoms with E-state index in [1.165, 1.54) is 76.8 Å². The largest absolute Gasteiger partial charge is 0.0584 e. The highest BCUT2D eigenvalue weighted by atomic mass is 14.2. The Morgan fingerprint density at radius 1 is 0.423 bits per heavy atom. The lowest BCUT2D eigenvalue weighted by molar-refractivity contribution is 1.25. The maximum atomic E-state index is 2.42. The summed E-state index contributed by atoms with van der Waals surface area (Å²) in [5, 5.41) is 8.45. The molecule has 0 nitrogen and oxygen atoms in total. The third-order valence-electron chi connectivity index (χ3n) is 6.90. The van der Waals surface area contributed by atoms with Gasteiger partial charge in [-0.05, 0) is 144 Å². The Kier molecular flexibility index (Phi) is 3.67. The van der Waals surface area contributed by atoms with Gasteiger partial charge in [0.2, 0.25) is 0 Å². The molecule has 0 radical (unpaired) electrons. The lowest BCUT2D eigenvalue weighted by atomic mass is 9.84. The molecule has 0 saturated carbocycles. The van der Waals surface area contributed by atoms with Crippen LogP contribution >= 0.6 is 0 Å². The third kappa shape index (κ3) is 2.08. The molecule has 0 fully saturated rings. The van der Waals surface area contributed by atoms with Gasteiger partial charge in [-0.3, -0.25) is 0 Å². The van der Waals surface area contributed by atoms with Crippen LogP contribution in [-0.4, -0.2) is 0 Å². The molecule has 26 heavy (non-hydrogen) atoms. The standard InChI is InChI=1S/C26H28/c1-13-9-10-21-11-22-12-23-17(5)15(3)16(4)18(6)26(23)20(8)25(22)19(7)24(21)14(13)2/h9-12H,1-8H3. The van der Waals surface area contributed by atoms with Crippen LogP contribution in [0.1, 0.15) is 44.5 Å². The maximum absolute atomic E-state index is 2.42. The average molecular weight is 341 g/mol. The molecule has 0 aliphatic rings. The molecule has 132 valence electrons. The van der Waals surface area contributed by atoms with Gasteiger partial charge in [0, 0.05) is 0 Å². The summed E-state index contributed by atoms with van der Waals surface area (Å²) in [6.07, 6.45) is 0. The quantitative estimate of drug-likeness (QED) is 0.289. The predicted molar refractivity (Wildman–Crippen MR) is 117 cm³/mol. The van der Waals surface area contributed by atoms with Crippen molar-refractivity contribution >= 4 is 32.3 Å². The van der Waals surface area contributed by atoms with E-state index in [4.69, 9.17) is 0 Å². The molecule has 0 atom stereocenters. The SMILES string of the molecule is Cc1ccc2cc3cc4c(C)c(C)c(C)c(C)c4c(C)c3c(C)c2c1C. The van der Waals surface area contributed by atoms with E-state index in [0.29, 0.717) is 0 Å². The highest BCUT2D eigenvalue weighted by Gasteiger charge is 2.16. The van der Waals surface area contributed by atoms with E-state index in [1.807, 2.05) is 0 Å². The van der Waals surface area contributed by atoms with Crippen LogP contribution in [0.3, 0.4) is 0 Å². The zero-order chi connectivity index (χ0) is 18.9. The van der Waals surface area contributed by atoms with E-state index in [-0.39, 0.29) is 0 Å². The minimum atomic E-state index is 1.36. The fourth-order valence-electron chi connectivity index (χ4n) is 4.93. The minimum absolute atomic E-state index is 1.36. The Hall–Kier alpha value is -2.34. The van der Waals surface area contributed by atoms with E-state index < -0.39 is 0 Å². The minimum Gasteiger partial charge on any atom is -0.0584 e. The van der Waals surface area contributed by atoms with Crippen LogP contribution in [0.5, 0.6) is 0 Å². The van der Waals surface area contributed by atoms with Crippen LogP contribution in [0, 0.1) is 55.4 Å². The van der Waals surface area contributed by atoms with E-state index in [1.54, 1.807) is 0 Å². The highest BCUT2D eigenvalue weighted by Crippen LogP contribution is 2.39. The van der Waals surface area contributed by atoms with Crippen LogP contribution in [-0.2, 0) is 0 Å². The first-order valence-corrected chi connectivity index (χ1v) is 9.57. The Bertz CT molecular complexity index is 1240. The van der Waals surface area contributed by atoms with Crippen molar-refractivity contribution in [3.05, 3.63) is 68.8 Å². The number of rotatable bonds is 0. The summed E-state index contributed by atoms with van der Waals surface area (Å²) in [4.78, 5) is 0. The molecule has 0 unspecified atom stereocenters. The first kappa shape index (κ1) is 17.1. The molecule has 0 aliphatic heterocycles. The normalized spacial score (nSPS) is 11.8. The van der Waals surface area contributed by atoms with Crippen LogP contribution in [0.4, 0.5) is 0 Å². The van der Waals surface area contributed by atoms with Gasteiger partial charge in [0.25, 0.3) is 0 Å². The molecule has 0 bridgehead atoms. The number of fused-ring (bicyclic) bond motifs is 3. The van der Waals surface area contributed by atoms with Crippen molar-refractivity contribution in [1.82, 2.24) is 0 Å². The highest BCUT2D eigenvalue weighted by molar-refractivity contribution is 6.12. The molecular weight excluding hydrogens is 312 g/mol. The molecule has 0 N–H and O–H groups in total. The zero-order valence-electron chi connectivity index (χ0n) is 17.3. The fourth-order valence-corrected chi connectivity index (χ4v) is 4.93. The molecule has 0 amide bonds. The van der Waals surface area contributed by atoms with Crippen LogP contribution in [0.2, 0.25) is 0 Å². The molecule has 0 heterocycles. The van der Waals surface area contributed by atoms with Crippen molar-refractivity contribution in [3.63, 3.8) is 0 Å². The van der Waals surface area contributed by atoms with Crippen molar-refractivity contribution in [1.29, 1.82) is 0 Å². The molecule has 4 aromatic rings. The predicted octanol–water partition coefficient (Wildman–Crippen LogP) is 7.61. The smallest absolute Gasteiger partial charge is 0.0112 e. The Balaban J connectivity index is 2.33. The first-order valence-electron chi connectivity index (χ1n) is 9.57. The molecule has 0 saturated heterocycles. The molecule has 0 heteroatoms. The summed E-state index contributed by atoms with van der Waals surface area (Å²) in [5.74, 6) is 0. The average Bonchev–Trinajstić information content (AvgIpc) is 2.60. The third-order valence-corrected chi connectivity index (χ3v) is 6.90. The number of hydrogen-bond acceptors (Lipinski definition) is 0. The Morgan fingerprint density at radius 3 is 1.69 bits per heavy atom. The number of benzene rings is 4. The lowest BCUT2D eigenvalue weighted by Crippen LogP contribution is -1.98. The summed E-state index contributed by atoms with van der Waals surface area (Å²) in [6, 6.07) is 9.34. The summed E-state index contributed by atoms with van der Waals surface area (Å²) >= 11 is 0. The first-order chi connectivity index (χ1) is 12.2. The van der Waals surface area contributed by atoms with Gasteiger partial charge >= 0.3 is 0 Å². The van der Waals surface area contributed by atoms with Crippen molar-refractivity contribution in [2.45, 2.75) is 55.4 Å². The summed E-state index contributed by atoms with van der Waals surface area (Å²) in [5.41, 5.74) is 11.4. The summed E-state index contributed by atoms with van der Waals surface area (Å²) < 4.78 is 0. The second-order valence-electron chi connectivity index (χ2n) is 8.13. The van der Waals surface area contributed by atoms with Gasteiger partial charge in [0.1, 0.15) is 0 Å². The molecule has 0 aliphatic carbocycles. The number of hydrogen-bond donors (Lipinski definition) is 0. The van der Waals surface area contributed by atoms with Gasteiger partial charge in [-0.15, -0.1) is 0 Å². The van der Waals surface area contributed by atoms with Crippen molar-refractivity contribution in [2.24, 2.45) is 0 Å². The van der Waals surface area contributed by atoms with E-state index in [2.05, 4.69) is 79.7 Å². The second-order valence-corrected chi connectivity index (χ2v) is 8.13. The molecule has 4 rings (SSSR count). The van der Waals surface area contributed by atoms with Crippen molar-refractivity contribution < 1.29 is 0 Å². The van der Waals surface area contributed by atoms with Crippen LogP contribution < -0.4 is 0 Å². The summed E-state index contributed by atoms with van der Waals surface area (Å²) in [6.45, 7) is 18.2. The van der Waals surface area contributed by atoms with E-state index >= 15 is 0 Å². The fraction of sp³-hybridized carbons (Fsp3) is 0.308. The van der Waals surface area contributed by atoms with Gasteiger partial charge in [0.05, 0.1) is 0 Å². The van der Waals surface area contributed by atoms with Gasteiger partial charge in [-0.2, -0.15) is 0 Å². The van der Waals surface area contributed by atoms with E-state index in [0.717, 1.165) is 0 Å². The molecule has 0 spiro atoms. The molecular formula is C26H28. The van der Waals surface area contributed by atoms with Gasteiger partial charge in [0.15, 0.2) is 0 Å².